The number of amides is 1. The number of aromatic nitrogens is 5. The first-order valence-corrected chi connectivity index (χ1v) is 11.5. The van der Waals surface area contributed by atoms with Gasteiger partial charge in [-0.25, -0.2) is 9.67 Å². The maximum absolute atomic E-state index is 13.8. The summed E-state index contributed by atoms with van der Waals surface area (Å²) in [6, 6.07) is 10.0. The molecule has 1 saturated carbocycles. The molecule has 33 heavy (non-hydrogen) atoms. The van der Waals surface area contributed by atoms with Crippen LogP contribution in [0.3, 0.4) is 0 Å². The molecule has 170 valence electrons. The Hall–Kier alpha value is -3.55. The molecule has 0 unspecified atom stereocenters. The van der Waals surface area contributed by atoms with Crippen molar-refractivity contribution in [2.75, 3.05) is 0 Å². The molecule has 5 rings (SSSR count). The molecule has 0 spiro atoms. The summed E-state index contributed by atoms with van der Waals surface area (Å²) in [6.45, 7) is 7.93. The highest BCUT2D eigenvalue weighted by molar-refractivity contribution is 6.06. The first-order valence-electron chi connectivity index (χ1n) is 11.5. The van der Waals surface area contributed by atoms with Gasteiger partial charge in [-0.3, -0.25) is 4.79 Å². The van der Waals surface area contributed by atoms with Crippen LogP contribution in [0.4, 0.5) is 0 Å². The van der Waals surface area contributed by atoms with E-state index in [1.165, 1.54) is 0 Å². The molecule has 0 aliphatic heterocycles. The Morgan fingerprint density at radius 1 is 1.15 bits per heavy atom. The van der Waals surface area contributed by atoms with Crippen molar-refractivity contribution in [3.05, 3.63) is 59.4 Å². The van der Waals surface area contributed by atoms with Gasteiger partial charge in [-0.15, -0.1) is 0 Å². The number of nitrogens with zero attached hydrogens (tertiary/aromatic N) is 5. The molecule has 0 saturated heterocycles. The average Bonchev–Trinajstić information content (AvgIpc) is 3.53. The molecule has 1 aliphatic carbocycles. The van der Waals surface area contributed by atoms with Crippen LogP contribution in [-0.4, -0.2) is 30.8 Å². The molecule has 0 radical (unpaired) electrons. The van der Waals surface area contributed by atoms with E-state index in [1.54, 1.807) is 13.1 Å². The Labute approximate surface area is 192 Å². The highest BCUT2D eigenvalue weighted by atomic mass is 16.5. The predicted molar refractivity (Wildman–Crippen MR) is 125 cm³/mol. The molecular formula is C25H28N6O2. The van der Waals surface area contributed by atoms with E-state index < -0.39 is 5.54 Å². The Balaban J connectivity index is 1.63. The molecule has 1 aromatic carbocycles. The van der Waals surface area contributed by atoms with Gasteiger partial charge in [-0.05, 0) is 45.2 Å². The van der Waals surface area contributed by atoms with E-state index >= 15 is 0 Å². The van der Waals surface area contributed by atoms with Crippen LogP contribution in [0, 0.1) is 13.8 Å². The second kappa shape index (κ2) is 8.10. The number of carbonyl (C=O) groups is 1. The third-order valence-electron chi connectivity index (χ3n) is 6.49. The molecule has 8 heteroatoms. The van der Waals surface area contributed by atoms with Gasteiger partial charge in [-0.2, -0.15) is 10.1 Å². The third kappa shape index (κ3) is 3.69. The summed E-state index contributed by atoms with van der Waals surface area (Å²) in [5.74, 6) is 0.870. The van der Waals surface area contributed by atoms with Gasteiger partial charge < -0.3 is 9.84 Å². The van der Waals surface area contributed by atoms with Crippen LogP contribution in [0.2, 0.25) is 0 Å². The van der Waals surface area contributed by atoms with E-state index in [2.05, 4.69) is 34.4 Å². The Kier molecular flexibility index (Phi) is 5.23. The molecule has 3 heterocycles. The summed E-state index contributed by atoms with van der Waals surface area (Å²) < 4.78 is 7.11. The quantitative estimate of drug-likeness (QED) is 0.471. The fourth-order valence-corrected chi connectivity index (χ4v) is 4.74. The number of hydrogen-bond donors (Lipinski definition) is 1. The topological polar surface area (TPSA) is 98.7 Å². The van der Waals surface area contributed by atoms with Crippen LogP contribution >= 0.6 is 0 Å². The summed E-state index contributed by atoms with van der Waals surface area (Å²) in [6.07, 6.45) is 5.29. The van der Waals surface area contributed by atoms with Crippen LogP contribution in [0.15, 0.2) is 41.1 Å². The van der Waals surface area contributed by atoms with Crippen LogP contribution in [0.1, 0.15) is 73.2 Å². The second-order valence-corrected chi connectivity index (χ2v) is 9.17. The van der Waals surface area contributed by atoms with Crippen LogP contribution < -0.4 is 5.32 Å². The maximum Gasteiger partial charge on any atom is 0.252 e. The molecule has 1 N–H and O–H groups in total. The van der Waals surface area contributed by atoms with Crippen molar-refractivity contribution in [2.24, 2.45) is 0 Å². The van der Waals surface area contributed by atoms with Crippen LogP contribution in [0.5, 0.6) is 0 Å². The average molecular weight is 445 g/mol. The number of hydrogen-bond acceptors (Lipinski definition) is 6. The van der Waals surface area contributed by atoms with Crippen LogP contribution in [0.25, 0.3) is 22.3 Å². The summed E-state index contributed by atoms with van der Waals surface area (Å²) in [5, 5.41) is 12.7. The fraction of sp³-hybridized carbons (Fsp3) is 0.400. The zero-order valence-electron chi connectivity index (χ0n) is 19.4. The molecule has 0 bridgehead atoms. The number of aryl methyl sites for hydroxylation is 2. The minimum Gasteiger partial charge on any atom is -0.340 e. The van der Waals surface area contributed by atoms with E-state index in [0.29, 0.717) is 22.9 Å². The lowest BCUT2D eigenvalue weighted by Gasteiger charge is -2.27. The van der Waals surface area contributed by atoms with Gasteiger partial charge >= 0.3 is 0 Å². The van der Waals surface area contributed by atoms with Crippen molar-refractivity contribution < 1.29 is 9.32 Å². The van der Waals surface area contributed by atoms with Crippen molar-refractivity contribution in [3.8, 4) is 11.3 Å². The molecule has 8 nitrogen and oxygen atoms in total. The number of rotatable bonds is 5. The van der Waals surface area contributed by atoms with Crippen molar-refractivity contribution in [1.82, 2.24) is 30.2 Å². The highest BCUT2D eigenvalue weighted by Crippen LogP contribution is 2.38. The molecule has 3 aromatic heterocycles. The summed E-state index contributed by atoms with van der Waals surface area (Å²) in [4.78, 5) is 23.2. The van der Waals surface area contributed by atoms with Gasteiger partial charge in [0, 0.05) is 18.5 Å². The molecule has 1 amide bonds. The number of fused-ring (bicyclic) bond motifs is 1. The number of carbonyl (C=O) groups excluding carboxylic acids is 1. The van der Waals surface area contributed by atoms with Gasteiger partial charge in [0.2, 0.25) is 5.89 Å². The Morgan fingerprint density at radius 3 is 2.58 bits per heavy atom. The van der Waals surface area contributed by atoms with Gasteiger partial charge in [0.25, 0.3) is 5.91 Å². The standard InChI is InChI=1S/C25H28N6O2/c1-15(2)31-22-20(14-26-31)19(13-21(28-22)18-10-6-5-9-16(18)3)23(32)29-25(11-7-8-12-25)24-27-17(4)33-30-24/h5-6,9-10,13-15H,7-8,11-12H2,1-4H3,(H,29,32). The van der Waals surface area contributed by atoms with Gasteiger partial charge in [-0.1, -0.05) is 42.3 Å². The number of pyridine rings is 1. The Bertz CT molecular complexity index is 1330. The molecular weight excluding hydrogens is 416 g/mol. The van der Waals surface area contributed by atoms with Crippen molar-refractivity contribution in [3.63, 3.8) is 0 Å². The maximum atomic E-state index is 13.8. The predicted octanol–water partition coefficient (Wildman–Crippen LogP) is 4.88. The molecule has 4 aromatic rings. The SMILES string of the molecule is Cc1nc(C2(NC(=O)c3cc(-c4ccccc4C)nc4c3cnn4C(C)C)CCCC2)no1. The van der Waals surface area contributed by atoms with Gasteiger partial charge in [0.1, 0.15) is 5.54 Å². The van der Waals surface area contributed by atoms with Crippen molar-refractivity contribution in [2.45, 2.75) is 65.0 Å². The largest absolute Gasteiger partial charge is 0.340 e. The molecule has 1 fully saturated rings. The fourth-order valence-electron chi connectivity index (χ4n) is 4.74. The minimum absolute atomic E-state index is 0.113. The second-order valence-electron chi connectivity index (χ2n) is 9.17. The van der Waals surface area contributed by atoms with E-state index in [4.69, 9.17) is 9.51 Å². The lowest BCUT2D eigenvalue weighted by atomic mass is 9.95. The minimum atomic E-state index is -0.624. The lowest BCUT2D eigenvalue weighted by molar-refractivity contribution is 0.0893. The van der Waals surface area contributed by atoms with Crippen molar-refractivity contribution in [1.29, 1.82) is 0 Å². The zero-order valence-corrected chi connectivity index (χ0v) is 19.4. The molecule has 0 atom stereocenters. The first kappa shape index (κ1) is 21.3. The smallest absolute Gasteiger partial charge is 0.252 e. The van der Waals surface area contributed by atoms with Gasteiger partial charge in [0.05, 0.1) is 22.8 Å². The third-order valence-corrected chi connectivity index (χ3v) is 6.49. The highest BCUT2D eigenvalue weighted by Gasteiger charge is 2.41. The zero-order chi connectivity index (χ0) is 23.2. The first-order chi connectivity index (χ1) is 15.9. The summed E-state index contributed by atoms with van der Waals surface area (Å²) in [7, 11) is 0. The van der Waals surface area contributed by atoms with Crippen molar-refractivity contribution >= 4 is 16.9 Å². The number of nitrogens with one attached hydrogen (secondary N) is 1. The lowest BCUT2D eigenvalue weighted by Crippen LogP contribution is -2.44. The summed E-state index contributed by atoms with van der Waals surface area (Å²) >= 11 is 0. The normalized spacial score (nSPS) is 15.4. The number of benzene rings is 1. The summed E-state index contributed by atoms with van der Waals surface area (Å²) in [5.41, 5.74) is 3.48. The van der Waals surface area contributed by atoms with E-state index in [1.807, 2.05) is 41.9 Å². The van der Waals surface area contributed by atoms with Gasteiger partial charge in [0.15, 0.2) is 11.5 Å². The molecule has 1 aliphatic rings. The Morgan fingerprint density at radius 2 is 1.91 bits per heavy atom. The van der Waals surface area contributed by atoms with E-state index in [9.17, 15) is 4.79 Å². The monoisotopic (exact) mass is 444 g/mol. The van der Waals surface area contributed by atoms with E-state index in [-0.39, 0.29) is 11.9 Å². The van der Waals surface area contributed by atoms with Crippen LogP contribution in [-0.2, 0) is 5.54 Å². The van der Waals surface area contributed by atoms with E-state index in [0.717, 1.165) is 47.9 Å².